The summed E-state index contributed by atoms with van der Waals surface area (Å²) in [5.74, 6) is -0.201. The maximum absolute atomic E-state index is 12.1. The molecule has 0 saturated heterocycles. The van der Waals surface area contributed by atoms with Crippen LogP contribution in [0.15, 0.2) is 12.1 Å². The molecule has 5 heteroatoms. The van der Waals surface area contributed by atoms with E-state index in [2.05, 4.69) is 10.3 Å². The lowest BCUT2D eigenvalue weighted by atomic mass is 9.92. The number of nitrogens with one attached hydrogen (secondary N) is 1. The van der Waals surface area contributed by atoms with Gasteiger partial charge in [-0.3, -0.25) is 4.79 Å². The molecule has 2 rings (SSSR count). The summed E-state index contributed by atoms with van der Waals surface area (Å²) in [5, 5.41) is 13.0. The normalized spacial score (nSPS) is 23.7. The highest BCUT2D eigenvalue weighted by atomic mass is 35.5. The van der Waals surface area contributed by atoms with Gasteiger partial charge in [0.15, 0.2) is 0 Å². The van der Waals surface area contributed by atoms with Crippen molar-refractivity contribution in [2.45, 2.75) is 44.8 Å². The van der Waals surface area contributed by atoms with Crippen LogP contribution in [-0.4, -0.2) is 28.1 Å². The third-order valence-corrected chi connectivity index (χ3v) is 3.42. The number of carbonyl (C=O) groups is 1. The monoisotopic (exact) mass is 268 g/mol. The number of aliphatic hydroxyl groups is 1. The highest BCUT2D eigenvalue weighted by Crippen LogP contribution is 2.19. The van der Waals surface area contributed by atoms with E-state index in [1.54, 1.807) is 19.1 Å². The molecular weight excluding hydrogens is 252 g/mol. The Hall–Kier alpha value is -1.13. The van der Waals surface area contributed by atoms with Crippen LogP contribution in [-0.2, 0) is 0 Å². The van der Waals surface area contributed by atoms with Crippen LogP contribution in [0.4, 0.5) is 0 Å². The zero-order valence-corrected chi connectivity index (χ0v) is 11.1. The number of rotatable bonds is 2. The molecule has 2 N–H and O–H groups in total. The molecule has 18 heavy (non-hydrogen) atoms. The van der Waals surface area contributed by atoms with E-state index in [1.807, 2.05) is 0 Å². The summed E-state index contributed by atoms with van der Waals surface area (Å²) in [6, 6.07) is 3.08. The molecule has 1 aliphatic carbocycles. The molecule has 1 aromatic rings. The van der Waals surface area contributed by atoms with Gasteiger partial charge in [-0.15, -0.1) is 0 Å². The smallest absolute Gasteiger partial charge is 0.251 e. The Labute approximate surface area is 111 Å². The van der Waals surface area contributed by atoms with E-state index in [0.717, 1.165) is 25.7 Å². The van der Waals surface area contributed by atoms with Crippen LogP contribution in [0, 0.1) is 6.92 Å². The van der Waals surface area contributed by atoms with E-state index < -0.39 is 6.10 Å². The van der Waals surface area contributed by atoms with Gasteiger partial charge < -0.3 is 10.4 Å². The minimum Gasteiger partial charge on any atom is -0.391 e. The molecular formula is C13H17ClN2O2. The van der Waals surface area contributed by atoms with Gasteiger partial charge >= 0.3 is 0 Å². The Morgan fingerprint density at radius 3 is 2.83 bits per heavy atom. The Bertz CT molecular complexity index is 430. The van der Waals surface area contributed by atoms with Gasteiger partial charge in [-0.1, -0.05) is 24.4 Å². The van der Waals surface area contributed by atoms with E-state index in [1.165, 1.54) is 0 Å². The first-order valence-corrected chi connectivity index (χ1v) is 6.57. The van der Waals surface area contributed by atoms with Crippen LogP contribution in [0.5, 0.6) is 0 Å². The molecule has 0 spiro atoms. The van der Waals surface area contributed by atoms with Crippen molar-refractivity contribution in [2.24, 2.45) is 0 Å². The fourth-order valence-corrected chi connectivity index (χ4v) is 2.54. The van der Waals surface area contributed by atoms with Crippen molar-refractivity contribution >= 4 is 17.5 Å². The second-order valence-electron chi connectivity index (χ2n) is 4.75. The van der Waals surface area contributed by atoms with Crippen molar-refractivity contribution in [3.63, 3.8) is 0 Å². The molecule has 98 valence electrons. The molecule has 1 aliphatic rings. The Balaban J connectivity index is 2.06. The van der Waals surface area contributed by atoms with Gasteiger partial charge in [-0.05, 0) is 31.9 Å². The summed E-state index contributed by atoms with van der Waals surface area (Å²) in [7, 11) is 0. The lowest BCUT2D eigenvalue weighted by Gasteiger charge is -2.28. The van der Waals surface area contributed by atoms with E-state index in [0.29, 0.717) is 16.4 Å². The first-order valence-electron chi connectivity index (χ1n) is 6.19. The topological polar surface area (TPSA) is 62.2 Å². The Kier molecular flexibility index (Phi) is 4.19. The number of amides is 1. The fourth-order valence-electron chi connectivity index (χ4n) is 2.29. The average molecular weight is 269 g/mol. The van der Waals surface area contributed by atoms with Crippen LogP contribution in [0.25, 0.3) is 0 Å². The Morgan fingerprint density at radius 2 is 2.17 bits per heavy atom. The number of aliphatic hydroxyl groups excluding tert-OH is 1. The van der Waals surface area contributed by atoms with Crippen LogP contribution in [0.2, 0.25) is 5.15 Å². The average Bonchev–Trinajstić information content (AvgIpc) is 2.31. The predicted molar refractivity (Wildman–Crippen MR) is 69.7 cm³/mol. The van der Waals surface area contributed by atoms with E-state index in [-0.39, 0.29) is 11.9 Å². The number of aryl methyl sites for hydroxylation is 1. The van der Waals surface area contributed by atoms with Gasteiger partial charge in [-0.2, -0.15) is 0 Å². The number of halogens is 1. The van der Waals surface area contributed by atoms with Crippen molar-refractivity contribution in [3.05, 3.63) is 28.5 Å². The molecule has 2 atom stereocenters. The van der Waals surface area contributed by atoms with Gasteiger partial charge in [0.25, 0.3) is 5.91 Å². The van der Waals surface area contributed by atoms with Crippen LogP contribution < -0.4 is 5.32 Å². The summed E-state index contributed by atoms with van der Waals surface area (Å²) in [6.45, 7) is 1.79. The first kappa shape index (κ1) is 13.3. The third-order valence-electron chi connectivity index (χ3n) is 3.23. The molecule has 1 saturated carbocycles. The second kappa shape index (κ2) is 5.67. The standard InChI is InChI=1S/C13H17ClN2O2/c1-8-6-9(7-12(14)15-8)13(18)16-10-4-2-3-5-11(10)17/h6-7,10-11,17H,2-5H2,1H3,(H,16,18)/t10-,11-/m0/s1. The molecule has 0 radical (unpaired) electrons. The molecule has 0 bridgehead atoms. The molecule has 1 heterocycles. The zero-order chi connectivity index (χ0) is 13.1. The number of nitrogens with zero attached hydrogens (tertiary/aromatic N) is 1. The van der Waals surface area contributed by atoms with Crippen LogP contribution in [0.1, 0.15) is 41.7 Å². The largest absolute Gasteiger partial charge is 0.391 e. The number of hydrogen-bond acceptors (Lipinski definition) is 3. The van der Waals surface area contributed by atoms with Gasteiger partial charge in [0, 0.05) is 11.3 Å². The molecule has 0 aliphatic heterocycles. The minimum absolute atomic E-state index is 0.154. The highest BCUT2D eigenvalue weighted by Gasteiger charge is 2.24. The van der Waals surface area contributed by atoms with Crippen molar-refractivity contribution in [2.75, 3.05) is 0 Å². The Morgan fingerprint density at radius 1 is 1.44 bits per heavy atom. The summed E-state index contributed by atoms with van der Waals surface area (Å²) >= 11 is 5.83. The molecule has 0 aromatic carbocycles. The zero-order valence-electron chi connectivity index (χ0n) is 10.3. The molecule has 1 aromatic heterocycles. The highest BCUT2D eigenvalue weighted by molar-refractivity contribution is 6.29. The van der Waals surface area contributed by atoms with Crippen LogP contribution in [0.3, 0.4) is 0 Å². The van der Waals surface area contributed by atoms with Crippen molar-refractivity contribution in [3.8, 4) is 0 Å². The van der Waals surface area contributed by atoms with Gasteiger partial charge in [0.1, 0.15) is 5.15 Å². The van der Waals surface area contributed by atoms with E-state index in [4.69, 9.17) is 11.6 Å². The summed E-state index contributed by atoms with van der Waals surface area (Å²) < 4.78 is 0. The maximum Gasteiger partial charge on any atom is 0.251 e. The van der Waals surface area contributed by atoms with Crippen molar-refractivity contribution in [1.29, 1.82) is 0 Å². The number of pyridine rings is 1. The summed E-state index contributed by atoms with van der Waals surface area (Å²) in [6.07, 6.45) is 3.19. The quantitative estimate of drug-likeness (QED) is 0.808. The SMILES string of the molecule is Cc1cc(C(=O)N[C@H]2CCCC[C@@H]2O)cc(Cl)n1. The van der Waals surface area contributed by atoms with Crippen LogP contribution >= 0.6 is 11.6 Å². The maximum atomic E-state index is 12.1. The minimum atomic E-state index is -0.443. The molecule has 1 amide bonds. The van der Waals surface area contributed by atoms with E-state index >= 15 is 0 Å². The molecule has 0 unspecified atom stereocenters. The molecule has 1 fully saturated rings. The number of carbonyl (C=O) groups excluding carboxylic acids is 1. The number of hydrogen-bond donors (Lipinski definition) is 2. The predicted octanol–water partition coefficient (Wildman–Crippen LogP) is 2.08. The lowest BCUT2D eigenvalue weighted by Crippen LogP contribution is -2.45. The number of aromatic nitrogens is 1. The molecule has 4 nitrogen and oxygen atoms in total. The summed E-state index contributed by atoms with van der Waals surface area (Å²) in [4.78, 5) is 16.1. The van der Waals surface area contributed by atoms with Crippen molar-refractivity contribution in [1.82, 2.24) is 10.3 Å². The van der Waals surface area contributed by atoms with Crippen molar-refractivity contribution < 1.29 is 9.90 Å². The fraction of sp³-hybridized carbons (Fsp3) is 0.538. The van der Waals surface area contributed by atoms with E-state index in [9.17, 15) is 9.90 Å². The van der Waals surface area contributed by atoms with Gasteiger partial charge in [0.2, 0.25) is 0 Å². The van der Waals surface area contributed by atoms with Gasteiger partial charge in [0.05, 0.1) is 12.1 Å². The summed E-state index contributed by atoms with van der Waals surface area (Å²) in [5.41, 5.74) is 1.20. The second-order valence-corrected chi connectivity index (χ2v) is 5.14. The lowest BCUT2D eigenvalue weighted by molar-refractivity contribution is 0.0717. The third kappa shape index (κ3) is 3.21. The first-order chi connectivity index (χ1) is 8.56. The van der Waals surface area contributed by atoms with Gasteiger partial charge in [-0.25, -0.2) is 4.98 Å².